The summed E-state index contributed by atoms with van der Waals surface area (Å²) >= 11 is 0. The lowest BCUT2D eigenvalue weighted by Crippen LogP contribution is -2.01. The summed E-state index contributed by atoms with van der Waals surface area (Å²) in [6.45, 7) is 1.98. The monoisotopic (exact) mass is 445 g/mol. The number of benzene rings is 4. The molecule has 0 aliphatic carbocycles. The van der Waals surface area contributed by atoms with E-state index in [0.717, 1.165) is 11.3 Å². The second-order valence-electron chi connectivity index (χ2n) is 7.24. The van der Waals surface area contributed by atoms with E-state index in [4.69, 9.17) is 9.47 Å². The Balaban J connectivity index is 1.49. The van der Waals surface area contributed by atoms with E-state index in [1.165, 1.54) is 0 Å². The molecule has 0 aliphatic heterocycles. The molecule has 0 saturated heterocycles. The minimum atomic E-state index is -3.66. The van der Waals surface area contributed by atoms with Crippen molar-refractivity contribution in [3.8, 4) is 23.0 Å². The van der Waals surface area contributed by atoms with Crippen molar-refractivity contribution in [3.63, 3.8) is 0 Å². The van der Waals surface area contributed by atoms with Crippen LogP contribution in [0.3, 0.4) is 0 Å². The molecule has 4 rings (SSSR count). The number of aryl methyl sites for hydroxylation is 1. The Bertz CT molecular complexity index is 1310. The fourth-order valence-electron chi connectivity index (χ4n) is 3.18. The highest BCUT2D eigenvalue weighted by atomic mass is 32.2. The third-order valence-corrected chi connectivity index (χ3v) is 6.64. The summed E-state index contributed by atoms with van der Waals surface area (Å²) in [5, 5.41) is 3.05. The molecule has 0 amide bonds. The van der Waals surface area contributed by atoms with Crippen molar-refractivity contribution < 1.29 is 17.9 Å². The molecule has 4 aromatic rings. The Kier molecular flexibility index (Phi) is 6.14. The summed E-state index contributed by atoms with van der Waals surface area (Å²) in [4.78, 5) is 0.394. The first-order valence-corrected chi connectivity index (χ1v) is 11.6. The van der Waals surface area contributed by atoms with E-state index in [0.29, 0.717) is 23.0 Å². The van der Waals surface area contributed by atoms with E-state index in [1.807, 2.05) is 62.5 Å². The molecule has 0 aromatic heterocycles. The largest absolute Gasteiger partial charge is 0.457 e. The van der Waals surface area contributed by atoms with Crippen LogP contribution in [-0.4, -0.2) is 15.5 Å². The predicted molar refractivity (Wildman–Crippen MR) is 126 cm³/mol. The van der Waals surface area contributed by atoms with Gasteiger partial charge in [-0.25, -0.2) is 8.42 Å². The van der Waals surface area contributed by atoms with E-state index < -0.39 is 9.84 Å². The Labute approximate surface area is 188 Å². The van der Waals surface area contributed by atoms with Gasteiger partial charge in [0.05, 0.1) is 9.79 Å². The summed E-state index contributed by atoms with van der Waals surface area (Å²) in [7, 11) is -1.82. The van der Waals surface area contributed by atoms with E-state index in [2.05, 4.69) is 5.32 Å². The zero-order valence-electron chi connectivity index (χ0n) is 17.8. The van der Waals surface area contributed by atoms with Crippen molar-refractivity contribution in [1.29, 1.82) is 0 Å². The van der Waals surface area contributed by atoms with Crippen LogP contribution in [0.4, 0.5) is 5.69 Å². The number of hydrogen-bond acceptors (Lipinski definition) is 5. The lowest BCUT2D eigenvalue weighted by molar-refractivity contribution is 0.482. The second kappa shape index (κ2) is 9.16. The van der Waals surface area contributed by atoms with Gasteiger partial charge >= 0.3 is 0 Å². The average Bonchev–Trinajstić information content (AvgIpc) is 2.80. The van der Waals surface area contributed by atoms with Crippen molar-refractivity contribution in [2.24, 2.45) is 0 Å². The molecule has 0 bridgehead atoms. The van der Waals surface area contributed by atoms with Crippen molar-refractivity contribution in [1.82, 2.24) is 0 Å². The molecular formula is C26H23NO4S. The normalized spacial score (nSPS) is 11.1. The van der Waals surface area contributed by atoms with Crippen LogP contribution in [0.2, 0.25) is 0 Å². The van der Waals surface area contributed by atoms with E-state index in [9.17, 15) is 8.42 Å². The second-order valence-corrected chi connectivity index (χ2v) is 9.19. The predicted octanol–water partition coefficient (Wildman–Crippen LogP) is 6.45. The first-order valence-electron chi connectivity index (χ1n) is 10.1. The van der Waals surface area contributed by atoms with Gasteiger partial charge in [0.25, 0.3) is 0 Å². The van der Waals surface area contributed by atoms with Gasteiger partial charge in [-0.15, -0.1) is 0 Å². The number of nitrogens with one attached hydrogen (secondary N) is 1. The topological polar surface area (TPSA) is 64.6 Å². The summed E-state index contributed by atoms with van der Waals surface area (Å²) in [6, 6.07) is 28.0. The van der Waals surface area contributed by atoms with Crippen LogP contribution in [-0.2, 0) is 9.84 Å². The van der Waals surface area contributed by atoms with Gasteiger partial charge in [0.15, 0.2) is 0 Å². The van der Waals surface area contributed by atoms with Gasteiger partial charge in [-0.1, -0.05) is 18.2 Å². The molecule has 0 fully saturated rings. The lowest BCUT2D eigenvalue weighted by Gasteiger charge is -2.10. The molecule has 0 saturated carbocycles. The molecule has 0 atom stereocenters. The summed E-state index contributed by atoms with van der Waals surface area (Å²) in [5.74, 6) is 2.49. The first-order chi connectivity index (χ1) is 15.4. The summed E-state index contributed by atoms with van der Waals surface area (Å²) in [5.41, 5.74) is 2.01. The highest BCUT2D eigenvalue weighted by Crippen LogP contribution is 2.29. The molecule has 32 heavy (non-hydrogen) atoms. The zero-order valence-corrected chi connectivity index (χ0v) is 18.6. The number of rotatable bonds is 7. The fourth-order valence-corrected chi connectivity index (χ4v) is 4.44. The Hall–Kier alpha value is -3.77. The van der Waals surface area contributed by atoms with Crippen LogP contribution >= 0.6 is 0 Å². The molecule has 5 nitrogen and oxygen atoms in total. The number of ether oxygens (including phenoxy) is 2. The number of hydrogen-bond donors (Lipinski definition) is 1. The Morgan fingerprint density at radius 2 is 1.12 bits per heavy atom. The molecule has 162 valence electrons. The minimum absolute atomic E-state index is 0.196. The van der Waals surface area contributed by atoms with Gasteiger partial charge in [-0.2, -0.15) is 0 Å². The fraction of sp³-hybridized carbons (Fsp3) is 0.0769. The van der Waals surface area contributed by atoms with Crippen LogP contribution in [0.25, 0.3) is 0 Å². The summed E-state index contributed by atoms with van der Waals surface area (Å²) < 4.78 is 37.7. The zero-order chi connectivity index (χ0) is 22.6. The van der Waals surface area contributed by atoms with E-state index in [-0.39, 0.29) is 9.79 Å². The van der Waals surface area contributed by atoms with Gasteiger partial charge in [-0.05, 0) is 85.3 Å². The SMILES string of the molecule is CNc1cccc(Oc2ccc(S(=O)(=O)c3ccc(Oc4cccc(C)c4)cc3)cc2)c1. The van der Waals surface area contributed by atoms with Crippen molar-refractivity contribution in [2.45, 2.75) is 16.7 Å². The lowest BCUT2D eigenvalue weighted by atomic mass is 10.2. The first kappa shape index (κ1) is 21.5. The molecule has 6 heteroatoms. The number of sulfone groups is 1. The molecule has 0 unspecified atom stereocenters. The maximum absolute atomic E-state index is 13.0. The molecular weight excluding hydrogens is 422 g/mol. The standard InChI is InChI=1S/C26H23NO4S/c1-19-5-3-7-23(17-19)30-21-9-13-25(14-10-21)32(28,29)26-15-11-22(12-16-26)31-24-8-4-6-20(18-24)27-2/h3-18,27H,1-2H3. The van der Waals surface area contributed by atoms with Crippen LogP contribution < -0.4 is 14.8 Å². The molecule has 0 spiro atoms. The van der Waals surface area contributed by atoms with Gasteiger partial charge in [0, 0.05) is 18.8 Å². The molecule has 4 aromatic carbocycles. The van der Waals surface area contributed by atoms with Crippen LogP contribution in [0.1, 0.15) is 5.56 Å². The van der Waals surface area contributed by atoms with Gasteiger partial charge in [0.1, 0.15) is 23.0 Å². The van der Waals surface area contributed by atoms with Crippen LogP contribution in [0, 0.1) is 6.92 Å². The van der Waals surface area contributed by atoms with Crippen LogP contribution in [0.15, 0.2) is 107 Å². The molecule has 0 aliphatic rings. The third kappa shape index (κ3) is 4.92. The maximum Gasteiger partial charge on any atom is 0.206 e. The molecule has 0 heterocycles. The highest BCUT2D eigenvalue weighted by Gasteiger charge is 2.18. The van der Waals surface area contributed by atoms with Crippen molar-refractivity contribution in [2.75, 3.05) is 12.4 Å². The highest BCUT2D eigenvalue weighted by molar-refractivity contribution is 7.91. The van der Waals surface area contributed by atoms with Gasteiger partial charge in [0.2, 0.25) is 9.84 Å². The summed E-state index contributed by atoms with van der Waals surface area (Å²) in [6.07, 6.45) is 0. The van der Waals surface area contributed by atoms with E-state index in [1.54, 1.807) is 48.5 Å². The average molecular weight is 446 g/mol. The minimum Gasteiger partial charge on any atom is -0.457 e. The molecule has 0 radical (unpaired) electrons. The molecule has 1 N–H and O–H groups in total. The third-order valence-electron chi connectivity index (χ3n) is 4.85. The maximum atomic E-state index is 13.0. The number of anilines is 1. The van der Waals surface area contributed by atoms with Gasteiger partial charge in [-0.3, -0.25) is 0 Å². The van der Waals surface area contributed by atoms with Crippen molar-refractivity contribution in [3.05, 3.63) is 103 Å². The Morgan fingerprint density at radius 3 is 1.62 bits per heavy atom. The van der Waals surface area contributed by atoms with Crippen LogP contribution in [0.5, 0.6) is 23.0 Å². The van der Waals surface area contributed by atoms with Gasteiger partial charge < -0.3 is 14.8 Å². The van der Waals surface area contributed by atoms with Crippen molar-refractivity contribution >= 4 is 15.5 Å². The smallest absolute Gasteiger partial charge is 0.206 e. The quantitative estimate of drug-likeness (QED) is 0.354. The van der Waals surface area contributed by atoms with E-state index >= 15 is 0 Å². The Morgan fingerprint density at radius 1 is 0.625 bits per heavy atom.